The number of thioether (sulfide) groups is 1. The van der Waals surface area contributed by atoms with E-state index in [4.69, 9.17) is 4.74 Å². The van der Waals surface area contributed by atoms with Gasteiger partial charge < -0.3 is 10.1 Å². The number of carbonyl (C=O) groups excluding carboxylic acids is 1. The molecule has 19 heavy (non-hydrogen) atoms. The van der Waals surface area contributed by atoms with Crippen LogP contribution >= 0.6 is 23.1 Å². The molecule has 1 aromatic heterocycles. The van der Waals surface area contributed by atoms with Crippen LogP contribution in [-0.2, 0) is 0 Å². The Hall–Kier alpha value is -1.80. The first-order valence-corrected chi connectivity index (χ1v) is 7.35. The highest BCUT2D eigenvalue weighted by atomic mass is 32.2. The largest absolute Gasteiger partial charge is 0.497 e. The number of benzene rings is 1. The van der Waals surface area contributed by atoms with Gasteiger partial charge in [-0.15, -0.1) is 10.2 Å². The Morgan fingerprint density at radius 1 is 1.37 bits per heavy atom. The molecule has 0 bridgehead atoms. The van der Waals surface area contributed by atoms with E-state index in [1.165, 1.54) is 23.1 Å². The summed E-state index contributed by atoms with van der Waals surface area (Å²) in [6.07, 6.45) is 1.90. The van der Waals surface area contributed by atoms with E-state index in [-0.39, 0.29) is 6.03 Å². The zero-order valence-corrected chi connectivity index (χ0v) is 12.0. The van der Waals surface area contributed by atoms with Gasteiger partial charge in [-0.05, 0) is 18.4 Å². The second-order valence-electron chi connectivity index (χ2n) is 3.39. The molecule has 0 saturated carbocycles. The van der Waals surface area contributed by atoms with Crippen molar-refractivity contribution in [3.63, 3.8) is 0 Å². The average Bonchev–Trinajstić information content (AvgIpc) is 2.86. The van der Waals surface area contributed by atoms with Gasteiger partial charge in [0.05, 0.1) is 7.11 Å². The van der Waals surface area contributed by atoms with Crippen molar-refractivity contribution in [2.75, 3.05) is 24.0 Å². The fourth-order valence-corrected chi connectivity index (χ4v) is 2.47. The molecule has 2 aromatic rings. The van der Waals surface area contributed by atoms with Gasteiger partial charge in [0.2, 0.25) is 5.13 Å². The van der Waals surface area contributed by atoms with E-state index in [2.05, 4.69) is 20.8 Å². The van der Waals surface area contributed by atoms with Crippen LogP contribution in [0.1, 0.15) is 0 Å². The van der Waals surface area contributed by atoms with E-state index in [9.17, 15) is 4.79 Å². The molecular weight excluding hydrogens is 284 g/mol. The normalized spacial score (nSPS) is 10.0. The summed E-state index contributed by atoms with van der Waals surface area (Å²) >= 11 is 2.81. The molecule has 0 aliphatic carbocycles. The summed E-state index contributed by atoms with van der Waals surface area (Å²) in [6.45, 7) is 0. The number of amides is 2. The molecule has 0 aliphatic rings. The molecule has 6 nitrogen and oxygen atoms in total. The van der Waals surface area contributed by atoms with Crippen molar-refractivity contribution in [1.82, 2.24) is 10.2 Å². The Bertz CT molecular complexity index is 573. The van der Waals surface area contributed by atoms with Crippen molar-refractivity contribution < 1.29 is 9.53 Å². The molecule has 0 atom stereocenters. The fourth-order valence-electron chi connectivity index (χ4n) is 1.30. The SMILES string of the molecule is COc1cccc(NC(=O)Nc2nnc(SC)s2)c1. The van der Waals surface area contributed by atoms with Crippen molar-refractivity contribution in [3.05, 3.63) is 24.3 Å². The minimum absolute atomic E-state index is 0.364. The first kappa shape index (κ1) is 13.6. The third-order valence-electron chi connectivity index (χ3n) is 2.13. The van der Waals surface area contributed by atoms with Gasteiger partial charge in [-0.25, -0.2) is 4.79 Å². The highest BCUT2D eigenvalue weighted by molar-refractivity contribution is 8.00. The molecule has 0 saturated heterocycles. The zero-order valence-electron chi connectivity index (χ0n) is 10.3. The van der Waals surface area contributed by atoms with Crippen LogP contribution in [0.25, 0.3) is 0 Å². The number of nitrogens with one attached hydrogen (secondary N) is 2. The molecule has 0 fully saturated rings. The fraction of sp³-hybridized carbons (Fsp3) is 0.182. The summed E-state index contributed by atoms with van der Waals surface area (Å²) in [7, 11) is 1.57. The van der Waals surface area contributed by atoms with Crippen LogP contribution in [0.3, 0.4) is 0 Å². The summed E-state index contributed by atoms with van der Waals surface area (Å²) < 4.78 is 5.88. The first-order valence-electron chi connectivity index (χ1n) is 5.31. The Morgan fingerprint density at radius 2 is 2.21 bits per heavy atom. The van der Waals surface area contributed by atoms with Gasteiger partial charge >= 0.3 is 6.03 Å². The Labute approximate surface area is 118 Å². The monoisotopic (exact) mass is 296 g/mol. The highest BCUT2D eigenvalue weighted by Gasteiger charge is 2.07. The molecule has 0 unspecified atom stereocenters. The van der Waals surface area contributed by atoms with Crippen LogP contribution in [0.4, 0.5) is 15.6 Å². The number of ether oxygens (including phenoxy) is 1. The van der Waals surface area contributed by atoms with Crippen molar-refractivity contribution in [3.8, 4) is 5.75 Å². The molecule has 0 spiro atoms. The van der Waals surface area contributed by atoms with Crippen LogP contribution < -0.4 is 15.4 Å². The number of hydrogen-bond acceptors (Lipinski definition) is 6. The van der Waals surface area contributed by atoms with Gasteiger partial charge in [-0.3, -0.25) is 5.32 Å². The van der Waals surface area contributed by atoms with Crippen molar-refractivity contribution in [1.29, 1.82) is 0 Å². The molecule has 8 heteroatoms. The van der Waals surface area contributed by atoms with E-state index in [1.54, 1.807) is 31.4 Å². The predicted octanol–water partition coefficient (Wildman–Crippen LogP) is 2.91. The van der Waals surface area contributed by atoms with Gasteiger partial charge in [0.25, 0.3) is 0 Å². The summed E-state index contributed by atoms with van der Waals surface area (Å²) in [4.78, 5) is 11.7. The lowest BCUT2D eigenvalue weighted by atomic mass is 10.3. The Balaban J connectivity index is 1.96. The third kappa shape index (κ3) is 3.83. The molecule has 2 amide bonds. The van der Waals surface area contributed by atoms with E-state index in [0.717, 1.165) is 4.34 Å². The number of nitrogens with zero attached hydrogens (tertiary/aromatic N) is 2. The minimum Gasteiger partial charge on any atom is -0.497 e. The molecule has 1 aromatic carbocycles. The molecule has 2 rings (SSSR count). The maximum Gasteiger partial charge on any atom is 0.325 e. The van der Waals surface area contributed by atoms with Gasteiger partial charge in [-0.1, -0.05) is 29.2 Å². The van der Waals surface area contributed by atoms with E-state index in [0.29, 0.717) is 16.6 Å². The maximum atomic E-state index is 11.7. The van der Waals surface area contributed by atoms with E-state index in [1.807, 2.05) is 6.26 Å². The molecule has 0 radical (unpaired) electrons. The van der Waals surface area contributed by atoms with Gasteiger partial charge in [0, 0.05) is 11.8 Å². The van der Waals surface area contributed by atoms with Crippen LogP contribution in [-0.4, -0.2) is 29.6 Å². The van der Waals surface area contributed by atoms with Crippen LogP contribution in [0, 0.1) is 0 Å². The van der Waals surface area contributed by atoms with Gasteiger partial charge in [0.1, 0.15) is 5.75 Å². The quantitative estimate of drug-likeness (QED) is 0.670. The summed E-state index contributed by atoms with van der Waals surface area (Å²) in [5.41, 5.74) is 0.645. The molecule has 2 N–H and O–H groups in total. The second kappa shape index (κ2) is 6.39. The smallest absolute Gasteiger partial charge is 0.325 e. The first-order chi connectivity index (χ1) is 9.21. The van der Waals surface area contributed by atoms with Crippen molar-refractivity contribution in [2.45, 2.75) is 4.34 Å². The third-order valence-corrected chi connectivity index (χ3v) is 3.94. The topological polar surface area (TPSA) is 76.1 Å². The lowest BCUT2D eigenvalue weighted by Gasteiger charge is -2.06. The predicted molar refractivity (Wildman–Crippen MR) is 77.3 cm³/mol. The van der Waals surface area contributed by atoms with Gasteiger partial charge in [0.15, 0.2) is 4.34 Å². The van der Waals surface area contributed by atoms with Crippen LogP contribution in [0.15, 0.2) is 28.6 Å². The number of urea groups is 1. The van der Waals surface area contributed by atoms with Crippen LogP contribution in [0.2, 0.25) is 0 Å². The lowest BCUT2D eigenvalue weighted by molar-refractivity contribution is 0.262. The molecular formula is C11H12N4O2S2. The Morgan fingerprint density at radius 3 is 2.89 bits per heavy atom. The number of carbonyl (C=O) groups is 1. The summed E-state index contributed by atoms with van der Waals surface area (Å²) in [5.74, 6) is 0.679. The summed E-state index contributed by atoms with van der Waals surface area (Å²) in [6, 6.07) is 6.74. The number of hydrogen-bond donors (Lipinski definition) is 2. The van der Waals surface area contributed by atoms with E-state index >= 15 is 0 Å². The molecule has 1 heterocycles. The molecule has 0 aliphatic heterocycles. The van der Waals surface area contributed by atoms with Gasteiger partial charge in [-0.2, -0.15) is 0 Å². The number of methoxy groups -OCH3 is 1. The number of aromatic nitrogens is 2. The second-order valence-corrected chi connectivity index (χ2v) is 5.42. The lowest BCUT2D eigenvalue weighted by Crippen LogP contribution is -2.19. The average molecular weight is 296 g/mol. The number of anilines is 2. The standard InChI is InChI=1S/C11H12N4O2S2/c1-17-8-5-3-4-7(6-8)12-9(16)13-10-14-15-11(18-2)19-10/h3-6H,1-2H3,(H2,12,13,14,16). The zero-order chi connectivity index (χ0) is 13.7. The molecule has 100 valence electrons. The number of rotatable bonds is 4. The van der Waals surface area contributed by atoms with Crippen LogP contribution in [0.5, 0.6) is 5.75 Å². The van der Waals surface area contributed by atoms with Crippen molar-refractivity contribution in [2.24, 2.45) is 0 Å². The maximum absolute atomic E-state index is 11.7. The van der Waals surface area contributed by atoms with E-state index < -0.39 is 0 Å². The Kier molecular flexibility index (Phi) is 4.58. The van der Waals surface area contributed by atoms with Crippen molar-refractivity contribution >= 4 is 39.9 Å². The summed E-state index contributed by atoms with van der Waals surface area (Å²) in [5, 5.41) is 13.5. The minimum atomic E-state index is -0.364. The highest BCUT2D eigenvalue weighted by Crippen LogP contribution is 2.23.